The fraction of sp³-hybridized carbons (Fsp3) is 0.853. The van der Waals surface area contributed by atoms with Gasteiger partial charge in [-0.3, -0.25) is 4.79 Å². The monoisotopic (exact) mass is 535 g/mol. The molecule has 0 aliphatic rings. The molecule has 2 atom stereocenters. The number of carbonyl (C=O) groups is 1. The quantitative estimate of drug-likeness (QED) is 0.0660. The maximum absolute atomic E-state index is 12.2. The number of unbranched alkanes of at least 4 members (excludes halogenated alkanes) is 20. The van der Waals surface area contributed by atoms with Crippen molar-refractivity contribution in [1.29, 1.82) is 0 Å². The summed E-state index contributed by atoms with van der Waals surface area (Å²) in [6.45, 7) is 4.26. The summed E-state index contributed by atoms with van der Waals surface area (Å²) in [4.78, 5) is 12.2. The maximum atomic E-state index is 12.2. The third-order valence-electron chi connectivity index (χ3n) is 7.43. The minimum Gasteiger partial charge on any atom is -0.394 e. The molecule has 0 saturated heterocycles. The van der Waals surface area contributed by atoms with E-state index < -0.39 is 12.1 Å². The number of hydrogen-bond acceptors (Lipinski definition) is 3. The standard InChI is InChI=1S/C34H65NO3/c1-3-5-7-9-11-13-15-17-19-21-23-25-27-29-33(37)32(31-36)35-34(38)30-28-26-24-22-20-18-16-14-12-10-8-6-4-2/h14,16,27,29,32-33,36-37H,3-13,15,17-26,28,30-31H2,1-2H3,(H,35,38)/b16-14-,29-27+/t32-,33+/m0/s1. The zero-order chi connectivity index (χ0) is 27.9. The molecule has 38 heavy (non-hydrogen) atoms. The second-order valence-corrected chi connectivity index (χ2v) is 11.2. The molecule has 4 heteroatoms. The molecule has 0 spiro atoms. The smallest absolute Gasteiger partial charge is 0.220 e. The van der Waals surface area contributed by atoms with Gasteiger partial charge >= 0.3 is 0 Å². The maximum Gasteiger partial charge on any atom is 0.220 e. The predicted molar refractivity (Wildman–Crippen MR) is 165 cm³/mol. The van der Waals surface area contributed by atoms with Gasteiger partial charge in [0.05, 0.1) is 18.8 Å². The Labute approximate surface area is 237 Å². The van der Waals surface area contributed by atoms with E-state index in [0.29, 0.717) is 6.42 Å². The van der Waals surface area contributed by atoms with Gasteiger partial charge in [-0.15, -0.1) is 0 Å². The molecular formula is C34H65NO3. The molecular weight excluding hydrogens is 470 g/mol. The van der Waals surface area contributed by atoms with E-state index in [4.69, 9.17) is 0 Å². The van der Waals surface area contributed by atoms with Gasteiger partial charge in [-0.1, -0.05) is 141 Å². The number of aliphatic hydroxyl groups is 2. The predicted octanol–water partition coefficient (Wildman–Crippen LogP) is 9.34. The molecule has 0 radical (unpaired) electrons. The SMILES string of the molecule is CCCCCC/C=C\CCCCCCCC(=O)N[C@@H](CO)[C@H](O)/C=C/CCCCCCCCCCCCC. The molecule has 0 bridgehead atoms. The van der Waals surface area contributed by atoms with Crippen LogP contribution in [0.2, 0.25) is 0 Å². The Balaban J connectivity index is 3.68. The highest BCUT2D eigenvalue weighted by atomic mass is 16.3. The Kier molecular flexibility index (Phi) is 29.5. The largest absolute Gasteiger partial charge is 0.394 e. The van der Waals surface area contributed by atoms with E-state index in [9.17, 15) is 15.0 Å². The van der Waals surface area contributed by atoms with E-state index in [0.717, 1.165) is 38.5 Å². The van der Waals surface area contributed by atoms with Crippen molar-refractivity contribution in [2.45, 2.75) is 180 Å². The van der Waals surface area contributed by atoms with E-state index in [2.05, 4.69) is 31.3 Å². The average Bonchev–Trinajstić information content (AvgIpc) is 2.92. The Morgan fingerprint density at radius 2 is 1.00 bits per heavy atom. The molecule has 0 heterocycles. The van der Waals surface area contributed by atoms with Crippen molar-refractivity contribution in [3.63, 3.8) is 0 Å². The number of nitrogens with one attached hydrogen (secondary N) is 1. The number of aliphatic hydroxyl groups excluding tert-OH is 2. The Bertz CT molecular complexity index is 546. The number of amides is 1. The van der Waals surface area contributed by atoms with Crippen molar-refractivity contribution < 1.29 is 15.0 Å². The Morgan fingerprint density at radius 1 is 0.605 bits per heavy atom. The summed E-state index contributed by atoms with van der Waals surface area (Å²) in [5, 5.41) is 22.8. The normalized spacial score (nSPS) is 13.5. The highest BCUT2D eigenvalue weighted by molar-refractivity contribution is 5.76. The second kappa shape index (κ2) is 30.4. The lowest BCUT2D eigenvalue weighted by molar-refractivity contribution is -0.123. The van der Waals surface area contributed by atoms with Crippen LogP contribution in [0.1, 0.15) is 168 Å². The molecule has 0 aliphatic carbocycles. The van der Waals surface area contributed by atoms with Crippen LogP contribution < -0.4 is 5.32 Å². The molecule has 0 rings (SSSR count). The first-order valence-electron chi connectivity index (χ1n) is 16.6. The zero-order valence-electron chi connectivity index (χ0n) is 25.4. The molecule has 4 nitrogen and oxygen atoms in total. The molecule has 0 saturated carbocycles. The molecule has 0 aromatic carbocycles. The fourth-order valence-electron chi connectivity index (χ4n) is 4.82. The molecule has 0 aromatic heterocycles. The van der Waals surface area contributed by atoms with Crippen LogP contribution in [0.25, 0.3) is 0 Å². The summed E-state index contributed by atoms with van der Waals surface area (Å²) >= 11 is 0. The molecule has 0 aliphatic heterocycles. The zero-order valence-corrected chi connectivity index (χ0v) is 25.4. The van der Waals surface area contributed by atoms with E-state index in [-0.39, 0.29) is 12.5 Å². The first-order chi connectivity index (χ1) is 18.7. The molecule has 0 fully saturated rings. The van der Waals surface area contributed by atoms with Crippen LogP contribution in [0, 0.1) is 0 Å². The van der Waals surface area contributed by atoms with E-state index in [1.807, 2.05) is 6.08 Å². The van der Waals surface area contributed by atoms with Crippen LogP contribution >= 0.6 is 0 Å². The second-order valence-electron chi connectivity index (χ2n) is 11.2. The minimum atomic E-state index is -0.837. The lowest BCUT2D eigenvalue weighted by Crippen LogP contribution is -2.45. The Morgan fingerprint density at radius 3 is 1.47 bits per heavy atom. The number of allylic oxidation sites excluding steroid dienone is 3. The molecule has 3 N–H and O–H groups in total. The first-order valence-corrected chi connectivity index (χ1v) is 16.6. The minimum absolute atomic E-state index is 0.0760. The highest BCUT2D eigenvalue weighted by Gasteiger charge is 2.17. The third kappa shape index (κ3) is 26.5. The van der Waals surface area contributed by atoms with E-state index in [1.54, 1.807) is 6.08 Å². The summed E-state index contributed by atoms with van der Waals surface area (Å²) in [6.07, 6.45) is 36.7. The number of carbonyl (C=O) groups excluding carboxylic acids is 1. The van der Waals surface area contributed by atoms with Gasteiger partial charge in [0.2, 0.25) is 5.91 Å². The van der Waals surface area contributed by atoms with Gasteiger partial charge in [-0.2, -0.15) is 0 Å². The van der Waals surface area contributed by atoms with E-state index >= 15 is 0 Å². The van der Waals surface area contributed by atoms with Crippen molar-refractivity contribution in [2.24, 2.45) is 0 Å². The lowest BCUT2D eigenvalue weighted by Gasteiger charge is -2.20. The highest BCUT2D eigenvalue weighted by Crippen LogP contribution is 2.13. The molecule has 1 amide bonds. The fourth-order valence-corrected chi connectivity index (χ4v) is 4.82. The lowest BCUT2D eigenvalue weighted by atomic mass is 10.0. The number of rotatable bonds is 29. The van der Waals surface area contributed by atoms with Crippen molar-refractivity contribution in [3.8, 4) is 0 Å². The van der Waals surface area contributed by atoms with Crippen LogP contribution in [0.5, 0.6) is 0 Å². The van der Waals surface area contributed by atoms with Crippen LogP contribution in [-0.2, 0) is 4.79 Å². The van der Waals surface area contributed by atoms with Crippen molar-refractivity contribution in [3.05, 3.63) is 24.3 Å². The van der Waals surface area contributed by atoms with Crippen molar-refractivity contribution in [2.75, 3.05) is 6.61 Å². The van der Waals surface area contributed by atoms with Gasteiger partial charge in [-0.05, 0) is 44.9 Å². The topological polar surface area (TPSA) is 69.6 Å². The summed E-state index contributed by atoms with van der Waals surface area (Å²) < 4.78 is 0. The van der Waals surface area contributed by atoms with E-state index in [1.165, 1.54) is 109 Å². The number of hydrogen-bond donors (Lipinski definition) is 3. The van der Waals surface area contributed by atoms with Gasteiger partial charge in [-0.25, -0.2) is 0 Å². The van der Waals surface area contributed by atoms with Gasteiger partial charge in [0.1, 0.15) is 0 Å². The summed E-state index contributed by atoms with van der Waals surface area (Å²) in [5.74, 6) is -0.0760. The molecule has 0 unspecified atom stereocenters. The first kappa shape index (κ1) is 36.9. The van der Waals surface area contributed by atoms with Gasteiger partial charge in [0, 0.05) is 6.42 Å². The molecule has 0 aromatic rings. The van der Waals surface area contributed by atoms with Crippen molar-refractivity contribution in [1.82, 2.24) is 5.32 Å². The van der Waals surface area contributed by atoms with Crippen LogP contribution in [0.15, 0.2) is 24.3 Å². The third-order valence-corrected chi connectivity index (χ3v) is 7.43. The summed E-state index contributed by atoms with van der Waals surface area (Å²) in [5.41, 5.74) is 0. The van der Waals surface area contributed by atoms with Crippen molar-refractivity contribution >= 4 is 5.91 Å². The van der Waals surface area contributed by atoms with Gasteiger partial charge in [0.25, 0.3) is 0 Å². The summed E-state index contributed by atoms with van der Waals surface area (Å²) in [7, 11) is 0. The van der Waals surface area contributed by atoms with Gasteiger partial charge < -0.3 is 15.5 Å². The van der Waals surface area contributed by atoms with Crippen LogP contribution in [-0.4, -0.2) is 34.9 Å². The average molecular weight is 536 g/mol. The van der Waals surface area contributed by atoms with Gasteiger partial charge in [0.15, 0.2) is 0 Å². The Hall–Kier alpha value is -1.13. The molecule has 224 valence electrons. The van der Waals surface area contributed by atoms with Crippen LogP contribution in [0.4, 0.5) is 0 Å². The van der Waals surface area contributed by atoms with Crippen LogP contribution in [0.3, 0.4) is 0 Å². The summed E-state index contributed by atoms with van der Waals surface area (Å²) in [6, 6.07) is -0.621.